The average molecular weight is 260 g/mol. The molecule has 2 N–H and O–H groups in total. The Hall–Kier alpha value is -1.50. The Morgan fingerprint density at radius 1 is 1.32 bits per heavy atom. The quantitative estimate of drug-likeness (QED) is 0.823. The predicted octanol–water partition coefficient (Wildman–Crippen LogP) is 3.57. The lowest BCUT2D eigenvalue weighted by Crippen LogP contribution is -2.08. The zero-order valence-electron chi connectivity index (χ0n) is 11.9. The van der Waals surface area contributed by atoms with Crippen LogP contribution in [0.5, 0.6) is 0 Å². The van der Waals surface area contributed by atoms with Crippen molar-refractivity contribution in [3.8, 4) is 6.07 Å². The van der Waals surface area contributed by atoms with Gasteiger partial charge in [-0.3, -0.25) is 0 Å². The summed E-state index contributed by atoms with van der Waals surface area (Å²) in [6.07, 6.45) is 9.56. The topological polar surface area (TPSA) is 67.6 Å². The predicted molar refractivity (Wildman–Crippen MR) is 76.7 cm³/mol. The van der Waals surface area contributed by atoms with Crippen LogP contribution in [0.3, 0.4) is 0 Å². The second-order valence-corrected chi connectivity index (χ2v) is 5.52. The largest absolute Gasteiger partial charge is 0.383 e. The molecule has 0 aromatic carbocycles. The number of hydrogen-bond donors (Lipinski definition) is 1. The number of rotatable bonds is 5. The first-order valence-corrected chi connectivity index (χ1v) is 7.54. The van der Waals surface area contributed by atoms with Crippen LogP contribution >= 0.6 is 0 Å². The molecule has 0 unspecified atom stereocenters. The zero-order valence-corrected chi connectivity index (χ0v) is 11.9. The van der Waals surface area contributed by atoms with Crippen LogP contribution in [0.25, 0.3) is 0 Å². The fraction of sp³-hybridized carbons (Fsp3) is 0.733. The van der Waals surface area contributed by atoms with Gasteiger partial charge in [-0.1, -0.05) is 39.0 Å². The number of aromatic nitrogens is 2. The van der Waals surface area contributed by atoms with E-state index in [1.807, 2.05) is 4.68 Å². The molecular weight excluding hydrogens is 236 g/mol. The first-order valence-electron chi connectivity index (χ1n) is 7.54. The van der Waals surface area contributed by atoms with Crippen molar-refractivity contribution in [3.63, 3.8) is 0 Å². The third-order valence-corrected chi connectivity index (χ3v) is 4.10. The molecule has 0 spiro atoms. The van der Waals surface area contributed by atoms with Crippen LogP contribution < -0.4 is 5.73 Å². The van der Waals surface area contributed by atoms with Crippen molar-refractivity contribution in [2.45, 2.75) is 70.8 Å². The molecule has 104 valence electrons. The van der Waals surface area contributed by atoms with E-state index in [4.69, 9.17) is 5.73 Å². The molecule has 4 heteroatoms. The number of anilines is 1. The Kier molecular flexibility index (Phi) is 4.84. The third-order valence-electron chi connectivity index (χ3n) is 4.10. The molecule has 1 aromatic heterocycles. The highest BCUT2D eigenvalue weighted by molar-refractivity contribution is 5.53. The molecule has 1 saturated carbocycles. The molecule has 1 aromatic rings. The second-order valence-electron chi connectivity index (χ2n) is 5.52. The van der Waals surface area contributed by atoms with Crippen molar-refractivity contribution in [1.82, 2.24) is 9.78 Å². The van der Waals surface area contributed by atoms with Crippen LogP contribution in [-0.2, 0) is 6.54 Å². The first kappa shape index (κ1) is 13.9. The molecule has 0 bridgehead atoms. The van der Waals surface area contributed by atoms with Crippen molar-refractivity contribution in [2.75, 3.05) is 5.73 Å². The van der Waals surface area contributed by atoms with E-state index in [0.29, 0.717) is 17.3 Å². The van der Waals surface area contributed by atoms with E-state index in [-0.39, 0.29) is 0 Å². The molecule has 19 heavy (non-hydrogen) atoms. The summed E-state index contributed by atoms with van der Waals surface area (Å²) in [5, 5.41) is 14.0. The minimum absolute atomic E-state index is 0.443. The van der Waals surface area contributed by atoms with Crippen LogP contribution in [0.2, 0.25) is 0 Å². The van der Waals surface area contributed by atoms with Crippen LogP contribution in [0.1, 0.15) is 75.5 Å². The van der Waals surface area contributed by atoms with Gasteiger partial charge in [0.2, 0.25) is 0 Å². The van der Waals surface area contributed by atoms with E-state index in [9.17, 15) is 5.26 Å². The van der Waals surface area contributed by atoms with Crippen molar-refractivity contribution >= 4 is 5.82 Å². The van der Waals surface area contributed by atoms with E-state index in [2.05, 4.69) is 18.1 Å². The van der Waals surface area contributed by atoms with Crippen LogP contribution in [0.15, 0.2) is 0 Å². The van der Waals surface area contributed by atoms with Gasteiger partial charge in [0.25, 0.3) is 0 Å². The molecular formula is C15H24N4. The number of aryl methyl sites for hydroxylation is 1. The summed E-state index contributed by atoms with van der Waals surface area (Å²) in [6.45, 7) is 3.02. The summed E-state index contributed by atoms with van der Waals surface area (Å²) in [5.41, 5.74) is 7.66. The van der Waals surface area contributed by atoms with Crippen molar-refractivity contribution in [2.24, 2.45) is 0 Å². The fourth-order valence-electron chi connectivity index (χ4n) is 2.95. The van der Waals surface area contributed by atoms with Crippen molar-refractivity contribution < 1.29 is 0 Å². The zero-order chi connectivity index (χ0) is 13.7. The van der Waals surface area contributed by atoms with E-state index in [1.165, 1.54) is 32.1 Å². The van der Waals surface area contributed by atoms with E-state index in [0.717, 1.165) is 31.5 Å². The summed E-state index contributed by atoms with van der Waals surface area (Å²) < 4.78 is 1.85. The molecule has 0 atom stereocenters. The van der Waals surface area contributed by atoms with Gasteiger partial charge in [0.1, 0.15) is 17.5 Å². The Labute approximate surface area is 115 Å². The summed E-state index contributed by atoms with van der Waals surface area (Å²) in [7, 11) is 0. The number of unbranched alkanes of at least 4 members (excludes halogenated alkanes) is 2. The van der Waals surface area contributed by atoms with Gasteiger partial charge in [-0.15, -0.1) is 0 Å². The van der Waals surface area contributed by atoms with Crippen LogP contribution in [0, 0.1) is 11.3 Å². The van der Waals surface area contributed by atoms with Crippen LogP contribution in [-0.4, -0.2) is 9.78 Å². The molecule has 2 rings (SSSR count). The summed E-state index contributed by atoms with van der Waals surface area (Å²) in [6, 6.07) is 2.26. The highest BCUT2D eigenvalue weighted by Gasteiger charge is 2.24. The number of hydrogen-bond acceptors (Lipinski definition) is 3. The Balaban J connectivity index is 2.18. The Bertz CT molecular complexity index is 449. The van der Waals surface area contributed by atoms with Gasteiger partial charge in [0, 0.05) is 12.5 Å². The fourth-order valence-corrected chi connectivity index (χ4v) is 2.95. The van der Waals surface area contributed by atoms with E-state index >= 15 is 0 Å². The standard InChI is InChI=1S/C15H24N4/c1-2-3-7-10-19-15(17)13(11-16)14(18-19)12-8-5-4-6-9-12/h12H,2-10,17H2,1H3. The molecule has 1 aliphatic carbocycles. The highest BCUT2D eigenvalue weighted by atomic mass is 15.3. The first-order chi connectivity index (χ1) is 9.27. The minimum atomic E-state index is 0.443. The molecule has 1 fully saturated rings. The third kappa shape index (κ3) is 3.09. The van der Waals surface area contributed by atoms with Gasteiger partial charge >= 0.3 is 0 Å². The van der Waals surface area contributed by atoms with Gasteiger partial charge in [-0.25, -0.2) is 4.68 Å². The molecule has 0 amide bonds. The van der Waals surface area contributed by atoms with E-state index in [1.54, 1.807) is 0 Å². The van der Waals surface area contributed by atoms with Gasteiger partial charge in [-0.05, 0) is 19.3 Å². The smallest absolute Gasteiger partial charge is 0.140 e. The number of nitrogens with two attached hydrogens (primary N) is 1. The lowest BCUT2D eigenvalue weighted by molar-refractivity contribution is 0.429. The van der Waals surface area contributed by atoms with Gasteiger partial charge < -0.3 is 5.73 Å². The molecule has 1 aliphatic rings. The van der Waals surface area contributed by atoms with Gasteiger partial charge in [0.05, 0.1) is 5.69 Å². The average Bonchev–Trinajstić information content (AvgIpc) is 2.77. The molecule has 0 saturated heterocycles. The maximum Gasteiger partial charge on any atom is 0.140 e. The van der Waals surface area contributed by atoms with E-state index < -0.39 is 0 Å². The minimum Gasteiger partial charge on any atom is -0.383 e. The monoisotopic (exact) mass is 260 g/mol. The Morgan fingerprint density at radius 2 is 2.05 bits per heavy atom. The second kappa shape index (κ2) is 6.60. The molecule has 4 nitrogen and oxygen atoms in total. The van der Waals surface area contributed by atoms with Gasteiger partial charge in [-0.2, -0.15) is 10.4 Å². The Morgan fingerprint density at radius 3 is 2.68 bits per heavy atom. The molecule has 1 heterocycles. The SMILES string of the molecule is CCCCCn1nc(C2CCCCC2)c(C#N)c1N. The normalized spacial score (nSPS) is 16.4. The summed E-state index contributed by atoms with van der Waals surface area (Å²) in [5.74, 6) is 1.01. The summed E-state index contributed by atoms with van der Waals surface area (Å²) in [4.78, 5) is 0. The molecule has 0 radical (unpaired) electrons. The maximum atomic E-state index is 9.33. The number of nitrogen functional groups attached to an aromatic ring is 1. The highest BCUT2D eigenvalue weighted by Crippen LogP contribution is 2.35. The van der Waals surface area contributed by atoms with Gasteiger partial charge in [0.15, 0.2) is 0 Å². The van der Waals surface area contributed by atoms with Crippen LogP contribution in [0.4, 0.5) is 5.82 Å². The number of nitrogens with zero attached hydrogens (tertiary/aromatic N) is 3. The lowest BCUT2D eigenvalue weighted by Gasteiger charge is -2.19. The number of nitriles is 1. The molecule has 0 aliphatic heterocycles. The summed E-state index contributed by atoms with van der Waals surface area (Å²) >= 11 is 0. The van der Waals surface area contributed by atoms with Crippen molar-refractivity contribution in [3.05, 3.63) is 11.3 Å². The maximum absolute atomic E-state index is 9.33. The van der Waals surface area contributed by atoms with Crippen molar-refractivity contribution in [1.29, 1.82) is 5.26 Å². The lowest BCUT2D eigenvalue weighted by atomic mass is 9.85.